The van der Waals surface area contributed by atoms with E-state index < -0.39 is 29.2 Å². The first kappa shape index (κ1) is 26.1. The van der Waals surface area contributed by atoms with Gasteiger partial charge in [0.15, 0.2) is 24.7 Å². The number of rotatable bonds is 10. The Hall–Kier alpha value is -4.52. The summed E-state index contributed by atoms with van der Waals surface area (Å²) in [4.78, 5) is 60.6. The van der Waals surface area contributed by atoms with Crippen LogP contribution in [0.4, 0.5) is 5.82 Å². The van der Waals surface area contributed by atoms with Crippen molar-refractivity contribution >= 4 is 47.5 Å². The Balaban J connectivity index is 1.36. The number of nitrogens with zero attached hydrogens (tertiary/aromatic N) is 4. The maximum atomic E-state index is 13.4. The van der Waals surface area contributed by atoms with E-state index >= 15 is 0 Å². The number of pyridine rings is 2. The molecule has 2 aromatic heterocycles. The minimum atomic E-state index is -1.20. The molecule has 1 fully saturated rings. The maximum absolute atomic E-state index is 13.4. The first-order chi connectivity index (χ1) is 19.0. The van der Waals surface area contributed by atoms with Crippen molar-refractivity contribution in [2.24, 2.45) is 5.16 Å². The van der Waals surface area contributed by atoms with Crippen LogP contribution in [0.25, 0.3) is 0 Å². The third kappa shape index (κ3) is 5.53. The average molecular weight is 550 g/mol. The molecule has 0 saturated carbocycles. The molecule has 13 heteroatoms. The van der Waals surface area contributed by atoms with Gasteiger partial charge in [0, 0.05) is 23.5 Å². The fourth-order valence-corrected chi connectivity index (χ4v) is 5.83. The van der Waals surface area contributed by atoms with Crippen LogP contribution in [0.15, 0.2) is 77.4 Å². The summed E-state index contributed by atoms with van der Waals surface area (Å²) in [5.41, 5.74) is 0.494. The van der Waals surface area contributed by atoms with Crippen LogP contribution in [0.3, 0.4) is 0 Å². The van der Waals surface area contributed by atoms with Crippen molar-refractivity contribution in [2.75, 3.05) is 11.1 Å². The molecule has 200 valence electrons. The normalized spacial score (nSPS) is 22.2. The molecule has 2 aliphatic heterocycles. The van der Waals surface area contributed by atoms with Gasteiger partial charge in [0.25, 0.3) is 11.8 Å². The lowest BCUT2D eigenvalue weighted by Gasteiger charge is -2.49. The highest BCUT2D eigenvalue weighted by atomic mass is 32.2. The summed E-state index contributed by atoms with van der Waals surface area (Å²) in [6, 6.07) is 9.25. The molecule has 0 spiro atoms. The van der Waals surface area contributed by atoms with Crippen LogP contribution >= 0.6 is 11.8 Å². The minimum Gasteiger partial charge on any atom is -0.477 e. The van der Waals surface area contributed by atoms with E-state index in [4.69, 9.17) is 4.84 Å². The van der Waals surface area contributed by atoms with Crippen LogP contribution in [0.5, 0.6) is 0 Å². The van der Waals surface area contributed by atoms with Gasteiger partial charge >= 0.3 is 5.97 Å². The van der Waals surface area contributed by atoms with Gasteiger partial charge in [-0.25, -0.2) is 14.3 Å². The lowest BCUT2D eigenvalue weighted by atomic mass is 10.0. The Labute approximate surface area is 227 Å². The van der Waals surface area contributed by atoms with Crippen LogP contribution in [0.2, 0.25) is 0 Å². The predicted molar refractivity (Wildman–Crippen MR) is 140 cm³/mol. The quantitative estimate of drug-likeness (QED) is 0.0983. The van der Waals surface area contributed by atoms with Crippen molar-refractivity contribution in [3.8, 4) is 0 Å². The molecule has 2 aromatic rings. The molecule has 0 radical (unpaired) electrons. The number of hydrogen-bond donors (Lipinski definition) is 3. The van der Waals surface area contributed by atoms with E-state index in [9.17, 15) is 24.3 Å². The number of aromatic nitrogens is 2. The molecular weight excluding hydrogens is 524 g/mol. The Morgan fingerprint density at radius 2 is 2.08 bits per heavy atom. The van der Waals surface area contributed by atoms with Crippen molar-refractivity contribution in [3.05, 3.63) is 77.9 Å². The van der Waals surface area contributed by atoms with Gasteiger partial charge in [-0.15, -0.1) is 11.8 Å². The largest absolute Gasteiger partial charge is 0.477 e. The molecule has 2 unspecified atom stereocenters. The van der Waals surface area contributed by atoms with E-state index in [0.717, 1.165) is 6.42 Å². The van der Waals surface area contributed by atoms with Gasteiger partial charge in [-0.2, -0.15) is 0 Å². The van der Waals surface area contributed by atoms with Gasteiger partial charge in [-0.05, 0) is 31.1 Å². The Morgan fingerprint density at radius 3 is 2.79 bits per heavy atom. The highest BCUT2D eigenvalue weighted by Gasteiger charge is 2.54. The molecule has 3 atom stereocenters. The molecule has 1 saturated heterocycles. The summed E-state index contributed by atoms with van der Waals surface area (Å²) >= 11 is 1.38. The predicted octanol–water partition coefficient (Wildman–Crippen LogP) is 0.816. The van der Waals surface area contributed by atoms with Gasteiger partial charge in [-0.1, -0.05) is 23.4 Å². The van der Waals surface area contributed by atoms with Gasteiger partial charge in [0.1, 0.15) is 34.7 Å². The van der Waals surface area contributed by atoms with E-state index in [1.165, 1.54) is 22.7 Å². The second-order valence-corrected chi connectivity index (χ2v) is 10.0. The van der Waals surface area contributed by atoms with Gasteiger partial charge in [-0.3, -0.25) is 19.3 Å². The van der Waals surface area contributed by atoms with Crippen molar-refractivity contribution in [1.82, 2.24) is 15.2 Å². The number of β-lactam (4-membered cyclic amide) rings is 1. The number of carboxylic acid groups (broad SMARTS) is 1. The number of thioether (sulfide) groups is 1. The van der Waals surface area contributed by atoms with Crippen molar-refractivity contribution in [2.45, 2.75) is 36.9 Å². The smallest absolute Gasteiger partial charge is 0.352 e. The van der Waals surface area contributed by atoms with Crippen LogP contribution in [0, 0.1) is 0 Å². The van der Waals surface area contributed by atoms with Crippen LogP contribution in [0.1, 0.15) is 18.5 Å². The van der Waals surface area contributed by atoms with Crippen molar-refractivity contribution < 1.29 is 33.7 Å². The minimum absolute atomic E-state index is 0.0647. The number of anilines is 1. The van der Waals surface area contributed by atoms with Gasteiger partial charge in [0.2, 0.25) is 6.41 Å². The fourth-order valence-electron chi connectivity index (χ4n) is 4.50. The molecule has 3 N–H and O–H groups in total. The third-order valence-electron chi connectivity index (χ3n) is 6.35. The Kier molecular flexibility index (Phi) is 7.68. The van der Waals surface area contributed by atoms with Crippen LogP contribution < -0.4 is 15.2 Å². The maximum Gasteiger partial charge on any atom is 0.352 e. The number of fused-ring (bicyclic) bond motifs is 1. The van der Waals surface area contributed by atoms with E-state index in [1.54, 1.807) is 12.1 Å². The number of aliphatic carboxylic acids is 1. The summed E-state index contributed by atoms with van der Waals surface area (Å²) in [6.07, 6.45) is 9.13. The molecule has 3 aliphatic rings. The van der Waals surface area contributed by atoms with E-state index in [-0.39, 0.29) is 29.0 Å². The molecule has 12 nitrogen and oxygen atoms in total. The number of carbonyl (C=O) groups is 4. The summed E-state index contributed by atoms with van der Waals surface area (Å²) < 4.78 is 1.84. The zero-order chi connectivity index (χ0) is 27.4. The number of allylic oxidation sites excluding steroid dienone is 1. The molecule has 5 rings (SSSR count). The zero-order valence-corrected chi connectivity index (χ0v) is 21.4. The Morgan fingerprint density at radius 1 is 1.26 bits per heavy atom. The fraction of sp³-hybridized carbons (Fsp3) is 0.269. The van der Waals surface area contributed by atoms with Crippen LogP contribution in [-0.4, -0.2) is 68.2 Å². The van der Waals surface area contributed by atoms with E-state index in [1.807, 2.05) is 47.3 Å². The van der Waals surface area contributed by atoms with Crippen LogP contribution in [-0.2, 0) is 30.6 Å². The number of carbonyl (C=O) groups excluding carboxylic acids is 3. The summed E-state index contributed by atoms with van der Waals surface area (Å²) in [5.74, 6) is -1.86. The molecule has 4 heterocycles. The van der Waals surface area contributed by atoms with E-state index in [2.05, 4.69) is 20.8 Å². The molecule has 0 bridgehead atoms. The molecule has 1 aliphatic carbocycles. The molecule has 39 heavy (non-hydrogen) atoms. The lowest BCUT2D eigenvalue weighted by molar-refractivity contribution is -0.689. The number of amides is 3. The highest BCUT2D eigenvalue weighted by Crippen LogP contribution is 2.40. The number of oxime groups is 1. The second kappa shape index (κ2) is 11.5. The summed E-state index contributed by atoms with van der Waals surface area (Å²) in [7, 11) is 0. The Bertz CT molecular complexity index is 1390. The lowest BCUT2D eigenvalue weighted by Crippen LogP contribution is -2.71. The zero-order valence-electron chi connectivity index (χ0n) is 20.6. The second-order valence-electron chi connectivity index (χ2n) is 8.93. The summed E-state index contributed by atoms with van der Waals surface area (Å²) in [6.45, 7) is 0.323. The van der Waals surface area contributed by atoms with Gasteiger partial charge in [0.05, 0.1) is 0 Å². The van der Waals surface area contributed by atoms with E-state index in [0.29, 0.717) is 30.7 Å². The summed E-state index contributed by atoms with van der Waals surface area (Å²) in [5, 5.41) is 18.5. The number of carboxylic acids is 1. The highest BCUT2D eigenvalue weighted by molar-refractivity contribution is 8.00. The van der Waals surface area contributed by atoms with Gasteiger partial charge < -0.3 is 20.6 Å². The van der Waals surface area contributed by atoms with Crippen molar-refractivity contribution in [3.63, 3.8) is 0 Å². The number of nitrogens with one attached hydrogen (secondary N) is 2. The first-order valence-corrected chi connectivity index (χ1v) is 13.2. The molecular formula is C26H25N6O6S+. The molecule has 0 aromatic carbocycles. The molecule has 3 amide bonds. The average Bonchev–Trinajstić information content (AvgIpc) is 3.46. The van der Waals surface area contributed by atoms with Crippen molar-refractivity contribution in [1.29, 1.82) is 0 Å². The SMILES string of the molecule is O=CNc1cccc(C(=NOC2C=CCC2)C(=O)NC2C(=O)N3C(C(=O)O)=C(C[n+]4ccccc4)CS[C@H]23)n1. The number of hydrogen-bond acceptors (Lipinski definition) is 8. The standard InChI is InChI=1S/C26H24N6O6S/c33-15-27-19-10-6-9-18(28-19)20(30-38-17-7-2-3-8-17)23(34)29-21-24(35)32-22(26(36)37)16(14-39-25(21)32)13-31-11-4-1-5-12-31/h1-2,4-7,9-12,15,17,21,25H,3,8,13-14H2,(H2-,27,28,29,33,34,36,37)/p+1/t17?,21?,25-/m1/s1. The third-order valence-corrected chi connectivity index (χ3v) is 7.69. The first-order valence-electron chi connectivity index (χ1n) is 12.2. The topological polar surface area (TPSA) is 154 Å². The monoisotopic (exact) mass is 549 g/mol.